The summed E-state index contributed by atoms with van der Waals surface area (Å²) >= 11 is 0. The number of carbonyl (C=O) groups excluding carboxylic acids is 1. The fourth-order valence-electron chi connectivity index (χ4n) is 1.20. The quantitative estimate of drug-likeness (QED) is 0.621. The van der Waals surface area contributed by atoms with Gasteiger partial charge in [0.2, 0.25) is 0 Å². The van der Waals surface area contributed by atoms with Crippen molar-refractivity contribution in [3.63, 3.8) is 0 Å². The van der Waals surface area contributed by atoms with Crippen LogP contribution in [0.1, 0.15) is 46.0 Å². The lowest BCUT2D eigenvalue weighted by molar-refractivity contribution is -0.119. The molecule has 1 unspecified atom stereocenters. The fourth-order valence-corrected chi connectivity index (χ4v) is 1.20. The molecule has 0 aromatic rings. The number of aliphatic hydroxyl groups is 1. The van der Waals surface area contributed by atoms with Gasteiger partial charge in [-0.15, -0.1) is 0 Å². The van der Waals surface area contributed by atoms with E-state index >= 15 is 0 Å². The first kappa shape index (κ1) is 13.6. The standard InChI is InChI=1S/C11H22O3/c1-3-4-5-11(13)7-6-10(2)14-9-8-12/h10,12H,3-9H2,1-2H3. The molecule has 0 spiro atoms. The summed E-state index contributed by atoms with van der Waals surface area (Å²) in [6.07, 6.45) is 4.21. The summed E-state index contributed by atoms with van der Waals surface area (Å²) in [7, 11) is 0. The van der Waals surface area contributed by atoms with Gasteiger partial charge in [0.15, 0.2) is 0 Å². The van der Waals surface area contributed by atoms with Gasteiger partial charge in [0.25, 0.3) is 0 Å². The van der Waals surface area contributed by atoms with Crippen molar-refractivity contribution in [3.8, 4) is 0 Å². The zero-order chi connectivity index (χ0) is 10.8. The Morgan fingerprint density at radius 1 is 1.43 bits per heavy atom. The lowest BCUT2D eigenvalue weighted by Gasteiger charge is -2.10. The number of Topliss-reactive ketones (excluding diaryl/α,β-unsaturated/α-hetero) is 1. The number of ether oxygens (including phenoxy) is 1. The van der Waals surface area contributed by atoms with Gasteiger partial charge >= 0.3 is 0 Å². The van der Waals surface area contributed by atoms with Crippen molar-refractivity contribution >= 4 is 5.78 Å². The molecule has 0 bridgehead atoms. The minimum absolute atomic E-state index is 0.0497. The number of carbonyl (C=O) groups is 1. The monoisotopic (exact) mass is 202 g/mol. The third-order valence-corrected chi connectivity index (χ3v) is 2.13. The smallest absolute Gasteiger partial charge is 0.133 e. The van der Waals surface area contributed by atoms with Crippen molar-refractivity contribution in [2.75, 3.05) is 13.2 Å². The summed E-state index contributed by atoms with van der Waals surface area (Å²) < 4.78 is 5.24. The highest BCUT2D eigenvalue weighted by atomic mass is 16.5. The van der Waals surface area contributed by atoms with Gasteiger partial charge in [-0.2, -0.15) is 0 Å². The topological polar surface area (TPSA) is 46.5 Å². The van der Waals surface area contributed by atoms with Crippen molar-refractivity contribution in [1.29, 1.82) is 0 Å². The van der Waals surface area contributed by atoms with E-state index in [1.165, 1.54) is 0 Å². The number of aliphatic hydroxyl groups excluding tert-OH is 1. The molecule has 1 N–H and O–H groups in total. The van der Waals surface area contributed by atoms with Gasteiger partial charge in [-0.25, -0.2) is 0 Å². The lowest BCUT2D eigenvalue weighted by Crippen LogP contribution is -2.13. The Morgan fingerprint density at radius 3 is 2.71 bits per heavy atom. The molecule has 0 amide bonds. The molecule has 0 aliphatic rings. The summed E-state index contributed by atoms with van der Waals surface area (Å²) in [6, 6.07) is 0. The SMILES string of the molecule is CCCCC(=O)CCC(C)OCCO. The molecule has 0 aromatic heterocycles. The van der Waals surface area contributed by atoms with Crippen molar-refractivity contribution in [2.24, 2.45) is 0 Å². The maximum atomic E-state index is 11.3. The molecular formula is C11H22O3. The second-order valence-corrected chi connectivity index (χ2v) is 3.59. The Balaban J connectivity index is 3.36. The Bertz CT molecular complexity index is 145. The summed E-state index contributed by atoms with van der Waals surface area (Å²) in [6.45, 7) is 4.43. The number of hydrogen-bond acceptors (Lipinski definition) is 3. The highest BCUT2D eigenvalue weighted by molar-refractivity contribution is 5.78. The molecule has 3 heteroatoms. The van der Waals surface area contributed by atoms with E-state index < -0.39 is 0 Å². The van der Waals surface area contributed by atoms with Crippen LogP contribution in [0.4, 0.5) is 0 Å². The molecule has 0 aliphatic carbocycles. The van der Waals surface area contributed by atoms with E-state index in [4.69, 9.17) is 9.84 Å². The predicted molar refractivity (Wildman–Crippen MR) is 56.3 cm³/mol. The fraction of sp³-hybridized carbons (Fsp3) is 0.909. The molecular weight excluding hydrogens is 180 g/mol. The minimum atomic E-state index is 0.0497. The van der Waals surface area contributed by atoms with Gasteiger partial charge in [-0.3, -0.25) is 4.79 Å². The van der Waals surface area contributed by atoms with E-state index in [1.54, 1.807) is 0 Å². The molecule has 0 aromatic carbocycles. The number of unbranched alkanes of at least 4 members (excludes halogenated alkanes) is 1. The third kappa shape index (κ3) is 8.20. The zero-order valence-electron chi connectivity index (χ0n) is 9.29. The van der Waals surface area contributed by atoms with Crippen LogP contribution in [0.3, 0.4) is 0 Å². The molecule has 84 valence electrons. The maximum absolute atomic E-state index is 11.3. The van der Waals surface area contributed by atoms with Gasteiger partial charge in [0, 0.05) is 12.8 Å². The van der Waals surface area contributed by atoms with Gasteiger partial charge in [0.05, 0.1) is 19.3 Å². The Labute approximate surface area is 86.5 Å². The first-order valence-corrected chi connectivity index (χ1v) is 5.44. The normalized spacial score (nSPS) is 12.8. The van der Waals surface area contributed by atoms with Crippen LogP contribution in [0.15, 0.2) is 0 Å². The maximum Gasteiger partial charge on any atom is 0.133 e. The van der Waals surface area contributed by atoms with Gasteiger partial charge in [-0.1, -0.05) is 13.3 Å². The molecule has 14 heavy (non-hydrogen) atoms. The largest absolute Gasteiger partial charge is 0.394 e. The van der Waals surface area contributed by atoms with Gasteiger partial charge in [-0.05, 0) is 19.8 Å². The minimum Gasteiger partial charge on any atom is -0.394 e. The predicted octanol–water partition coefficient (Wildman–Crippen LogP) is 1.92. The van der Waals surface area contributed by atoms with Crippen molar-refractivity contribution in [2.45, 2.75) is 52.1 Å². The van der Waals surface area contributed by atoms with E-state index in [1.807, 2.05) is 6.92 Å². The summed E-state index contributed by atoms with van der Waals surface area (Å²) in [5.74, 6) is 0.325. The second-order valence-electron chi connectivity index (χ2n) is 3.59. The molecule has 3 nitrogen and oxygen atoms in total. The van der Waals surface area contributed by atoms with E-state index in [0.29, 0.717) is 25.2 Å². The molecule has 0 radical (unpaired) electrons. The lowest BCUT2D eigenvalue weighted by atomic mass is 10.1. The van der Waals surface area contributed by atoms with Crippen LogP contribution in [0, 0.1) is 0 Å². The first-order chi connectivity index (χ1) is 6.70. The molecule has 1 atom stereocenters. The molecule has 0 fully saturated rings. The van der Waals surface area contributed by atoms with Gasteiger partial charge < -0.3 is 9.84 Å². The third-order valence-electron chi connectivity index (χ3n) is 2.13. The Hall–Kier alpha value is -0.410. The van der Waals surface area contributed by atoms with E-state index in [0.717, 1.165) is 19.3 Å². The van der Waals surface area contributed by atoms with Gasteiger partial charge in [0.1, 0.15) is 5.78 Å². The highest BCUT2D eigenvalue weighted by Crippen LogP contribution is 2.05. The number of rotatable bonds is 9. The highest BCUT2D eigenvalue weighted by Gasteiger charge is 2.06. The van der Waals surface area contributed by atoms with Crippen molar-refractivity contribution < 1.29 is 14.6 Å². The molecule has 0 aliphatic heterocycles. The molecule has 0 rings (SSSR count). The molecule has 0 heterocycles. The van der Waals surface area contributed by atoms with Crippen molar-refractivity contribution in [1.82, 2.24) is 0 Å². The summed E-state index contributed by atoms with van der Waals surface area (Å²) in [4.78, 5) is 11.3. The van der Waals surface area contributed by atoms with Crippen LogP contribution < -0.4 is 0 Å². The van der Waals surface area contributed by atoms with Crippen LogP contribution in [0.25, 0.3) is 0 Å². The Kier molecular flexibility index (Phi) is 8.89. The summed E-state index contributed by atoms with van der Waals surface area (Å²) in [5, 5.41) is 8.52. The number of hydrogen-bond donors (Lipinski definition) is 1. The summed E-state index contributed by atoms with van der Waals surface area (Å²) in [5.41, 5.74) is 0. The van der Waals surface area contributed by atoms with Crippen LogP contribution in [0.5, 0.6) is 0 Å². The van der Waals surface area contributed by atoms with Crippen LogP contribution in [0.2, 0.25) is 0 Å². The van der Waals surface area contributed by atoms with Crippen LogP contribution in [-0.4, -0.2) is 30.2 Å². The van der Waals surface area contributed by atoms with E-state index in [9.17, 15) is 4.79 Å². The zero-order valence-corrected chi connectivity index (χ0v) is 9.29. The van der Waals surface area contributed by atoms with Crippen LogP contribution in [-0.2, 0) is 9.53 Å². The molecule has 0 saturated heterocycles. The number of ketones is 1. The second kappa shape index (κ2) is 9.16. The van der Waals surface area contributed by atoms with Crippen molar-refractivity contribution in [3.05, 3.63) is 0 Å². The van der Waals surface area contributed by atoms with E-state index in [2.05, 4.69) is 6.92 Å². The average molecular weight is 202 g/mol. The van der Waals surface area contributed by atoms with Crippen LogP contribution >= 0.6 is 0 Å². The van der Waals surface area contributed by atoms with E-state index in [-0.39, 0.29) is 12.7 Å². The Morgan fingerprint density at radius 2 is 2.14 bits per heavy atom. The average Bonchev–Trinajstić information content (AvgIpc) is 2.20. The first-order valence-electron chi connectivity index (χ1n) is 5.44. The molecule has 0 saturated carbocycles.